The molecule has 4 aromatic rings. The van der Waals surface area contributed by atoms with E-state index in [1.807, 2.05) is 0 Å². The van der Waals surface area contributed by atoms with Crippen LogP contribution >= 0.6 is 0 Å². The second-order valence-electron chi connectivity index (χ2n) is 11.1. The highest BCUT2D eigenvalue weighted by molar-refractivity contribution is 6.76. The zero-order chi connectivity index (χ0) is 24.5. The van der Waals surface area contributed by atoms with Gasteiger partial charge in [0.05, 0.1) is 5.69 Å². The molecule has 2 heterocycles. The van der Waals surface area contributed by atoms with Crippen molar-refractivity contribution in [2.24, 2.45) is 5.73 Å². The second-order valence-corrected chi connectivity index (χ2v) is 16.7. The summed E-state index contributed by atoms with van der Waals surface area (Å²) in [6, 6.07) is 21.0. The van der Waals surface area contributed by atoms with Crippen LogP contribution in [0.25, 0.3) is 22.3 Å². The van der Waals surface area contributed by atoms with Crippen LogP contribution in [0.1, 0.15) is 23.1 Å². The van der Waals surface area contributed by atoms with E-state index in [0.29, 0.717) is 13.3 Å². The average molecular weight is 485 g/mol. The van der Waals surface area contributed by atoms with Crippen molar-refractivity contribution in [3.63, 3.8) is 0 Å². The number of benzene rings is 2. The Kier molecular flexibility index (Phi) is 6.62. The van der Waals surface area contributed by atoms with Gasteiger partial charge in [0.25, 0.3) is 0 Å². The van der Waals surface area contributed by atoms with E-state index >= 15 is 0 Å². The molecule has 0 bridgehead atoms. The molecule has 0 fully saturated rings. The first-order valence-corrected chi connectivity index (χ1v) is 16.3. The van der Waals surface area contributed by atoms with Gasteiger partial charge in [0, 0.05) is 37.2 Å². The molecule has 1 aliphatic carbocycles. The molecule has 0 spiro atoms. The summed E-state index contributed by atoms with van der Waals surface area (Å²) in [5.41, 5.74) is 13.4. The van der Waals surface area contributed by atoms with Crippen molar-refractivity contribution >= 4 is 19.1 Å². The molecule has 5 nitrogen and oxygen atoms in total. The Labute approximate surface area is 209 Å². The lowest BCUT2D eigenvalue weighted by molar-refractivity contribution is 0.0899. The highest BCUT2D eigenvalue weighted by Crippen LogP contribution is 2.43. The molecule has 0 amide bonds. The van der Waals surface area contributed by atoms with Crippen molar-refractivity contribution in [2.75, 3.05) is 13.2 Å². The lowest BCUT2D eigenvalue weighted by atomic mass is 9.74. The Morgan fingerprint density at radius 2 is 1.77 bits per heavy atom. The number of fused-ring (bicyclic) bond motifs is 2. The molecule has 35 heavy (non-hydrogen) atoms. The van der Waals surface area contributed by atoms with Crippen LogP contribution in [0.15, 0.2) is 67.1 Å². The predicted molar refractivity (Wildman–Crippen MR) is 146 cm³/mol. The predicted octanol–water partition coefficient (Wildman–Crippen LogP) is 5.80. The molecule has 1 aliphatic rings. The summed E-state index contributed by atoms with van der Waals surface area (Å²) < 4.78 is 8.07. The molecule has 0 unspecified atom stereocenters. The molecule has 5 rings (SSSR count). The molecule has 182 valence electrons. The van der Waals surface area contributed by atoms with Crippen molar-refractivity contribution in [1.82, 2.24) is 14.5 Å². The zero-order valence-electron chi connectivity index (χ0n) is 21.1. The minimum atomic E-state index is -1.10. The Morgan fingerprint density at radius 1 is 1.00 bits per heavy atom. The van der Waals surface area contributed by atoms with E-state index in [0.717, 1.165) is 54.2 Å². The minimum absolute atomic E-state index is 0.0384. The van der Waals surface area contributed by atoms with Crippen molar-refractivity contribution < 1.29 is 4.74 Å². The number of aromatic nitrogens is 3. The van der Waals surface area contributed by atoms with Gasteiger partial charge >= 0.3 is 0 Å². The summed E-state index contributed by atoms with van der Waals surface area (Å²) in [6.45, 7) is 9.10. The van der Waals surface area contributed by atoms with Gasteiger partial charge in [0.2, 0.25) is 0 Å². The molecule has 0 radical (unpaired) electrons. The van der Waals surface area contributed by atoms with Gasteiger partial charge in [-0.3, -0.25) is 0 Å². The number of rotatable bonds is 9. The molecule has 0 aliphatic heterocycles. The Balaban J connectivity index is 1.44. The third-order valence-electron chi connectivity index (χ3n) is 7.33. The second kappa shape index (κ2) is 9.68. The van der Waals surface area contributed by atoms with Crippen molar-refractivity contribution in [3.05, 3.63) is 83.8 Å². The maximum atomic E-state index is 6.13. The third-order valence-corrected chi connectivity index (χ3v) is 9.03. The fourth-order valence-corrected chi connectivity index (χ4v) is 6.13. The van der Waals surface area contributed by atoms with Gasteiger partial charge in [-0.05, 0) is 60.7 Å². The van der Waals surface area contributed by atoms with E-state index in [2.05, 4.69) is 90.0 Å². The molecule has 0 saturated carbocycles. The van der Waals surface area contributed by atoms with Gasteiger partial charge in [-0.25, -0.2) is 9.97 Å². The maximum Gasteiger partial charge on any atom is 0.145 e. The molecular weight excluding hydrogens is 448 g/mol. The summed E-state index contributed by atoms with van der Waals surface area (Å²) in [5.74, 6) is 0. The first-order valence-electron chi connectivity index (χ1n) is 12.6. The SMILES string of the molecule is C[Si](C)(C)CCOCn1ccc2c(-c3cccc(C4(CCN)Cc5ccccc5C4)c3)ncnc21. The fraction of sp³-hybridized carbons (Fsp3) is 0.379. The van der Waals surface area contributed by atoms with Gasteiger partial charge in [-0.15, -0.1) is 0 Å². The summed E-state index contributed by atoms with van der Waals surface area (Å²) in [5, 5.41) is 1.06. The van der Waals surface area contributed by atoms with Gasteiger partial charge in [-0.1, -0.05) is 62.1 Å². The number of ether oxygens (including phenoxy) is 1. The van der Waals surface area contributed by atoms with E-state index in [4.69, 9.17) is 15.5 Å². The van der Waals surface area contributed by atoms with Crippen LogP contribution in [0.2, 0.25) is 25.7 Å². The smallest absolute Gasteiger partial charge is 0.145 e. The molecule has 2 N–H and O–H groups in total. The first kappa shape index (κ1) is 23.9. The van der Waals surface area contributed by atoms with Crippen molar-refractivity contribution in [1.29, 1.82) is 0 Å². The summed E-state index contributed by atoms with van der Waals surface area (Å²) in [7, 11) is -1.10. The lowest BCUT2D eigenvalue weighted by Gasteiger charge is -2.30. The highest BCUT2D eigenvalue weighted by Gasteiger charge is 2.38. The maximum absolute atomic E-state index is 6.13. The summed E-state index contributed by atoms with van der Waals surface area (Å²) in [6.07, 6.45) is 6.77. The van der Waals surface area contributed by atoms with Gasteiger partial charge in [-0.2, -0.15) is 0 Å². The Bertz CT molecular complexity index is 1300. The average Bonchev–Trinajstić information content (AvgIpc) is 3.43. The molecule has 6 heteroatoms. The van der Waals surface area contributed by atoms with Crippen LogP contribution in [-0.4, -0.2) is 35.8 Å². The normalized spacial score (nSPS) is 15.0. The van der Waals surface area contributed by atoms with Crippen LogP contribution in [0, 0.1) is 0 Å². The monoisotopic (exact) mass is 484 g/mol. The molecular formula is C29H36N4OSi. The van der Waals surface area contributed by atoms with Gasteiger partial charge in [0.15, 0.2) is 0 Å². The molecule has 0 atom stereocenters. The number of nitrogens with zero attached hydrogens (tertiary/aromatic N) is 3. The molecule has 2 aromatic carbocycles. The van der Waals surface area contributed by atoms with E-state index in [-0.39, 0.29) is 5.41 Å². The number of hydrogen-bond donors (Lipinski definition) is 1. The van der Waals surface area contributed by atoms with E-state index in [9.17, 15) is 0 Å². The summed E-state index contributed by atoms with van der Waals surface area (Å²) in [4.78, 5) is 9.30. The van der Waals surface area contributed by atoms with Crippen LogP contribution in [0.4, 0.5) is 0 Å². The van der Waals surface area contributed by atoms with Crippen LogP contribution in [0.3, 0.4) is 0 Å². The van der Waals surface area contributed by atoms with E-state index in [1.165, 1.54) is 16.7 Å². The zero-order valence-corrected chi connectivity index (χ0v) is 22.1. The number of hydrogen-bond acceptors (Lipinski definition) is 4. The molecule has 0 saturated heterocycles. The topological polar surface area (TPSA) is 66.0 Å². The first-order chi connectivity index (χ1) is 16.9. The largest absolute Gasteiger partial charge is 0.361 e. The quantitative estimate of drug-likeness (QED) is 0.241. The summed E-state index contributed by atoms with van der Waals surface area (Å²) >= 11 is 0. The van der Waals surface area contributed by atoms with Crippen molar-refractivity contribution in [3.8, 4) is 11.3 Å². The van der Waals surface area contributed by atoms with E-state index in [1.54, 1.807) is 6.33 Å². The molecule has 2 aromatic heterocycles. The van der Waals surface area contributed by atoms with Crippen molar-refractivity contribution in [2.45, 2.75) is 57.1 Å². The van der Waals surface area contributed by atoms with E-state index < -0.39 is 8.07 Å². The number of nitrogens with two attached hydrogens (primary N) is 1. The fourth-order valence-electron chi connectivity index (χ4n) is 5.37. The Morgan fingerprint density at radius 3 is 2.49 bits per heavy atom. The highest BCUT2D eigenvalue weighted by atomic mass is 28.3. The van der Waals surface area contributed by atoms with Crippen LogP contribution in [0.5, 0.6) is 0 Å². The van der Waals surface area contributed by atoms with Gasteiger partial charge < -0.3 is 15.0 Å². The standard InChI is InChI=1S/C29H36N4OSi/c1-35(2,3)16-15-34-21-33-14-11-26-27(31-20-32-28(26)33)22-9-6-10-25(17-22)29(12-13-30)18-23-7-4-5-8-24(23)19-29/h4-11,14,17,20H,12-13,15-16,18-19,21,30H2,1-3H3. The lowest BCUT2D eigenvalue weighted by Crippen LogP contribution is -2.30. The van der Waals surface area contributed by atoms with Gasteiger partial charge in [0.1, 0.15) is 18.7 Å². The minimum Gasteiger partial charge on any atom is -0.361 e. The third kappa shape index (κ3) is 4.96. The van der Waals surface area contributed by atoms with Crippen LogP contribution < -0.4 is 5.73 Å². The Hall–Kier alpha value is -2.80. The van der Waals surface area contributed by atoms with Crippen LogP contribution in [-0.2, 0) is 29.7 Å².